The van der Waals surface area contributed by atoms with Crippen LogP contribution in [-0.2, 0) is 4.79 Å². The van der Waals surface area contributed by atoms with Crippen LogP contribution in [0.2, 0.25) is 0 Å². The molecule has 0 aliphatic carbocycles. The van der Waals surface area contributed by atoms with Gasteiger partial charge in [0.2, 0.25) is 5.91 Å². The van der Waals surface area contributed by atoms with Crippen LogP contribution in [0.25, 0.3) is 0 Å². The average Bonchev–Trinajstić information content (AvgIpc) is 2.54. The highest BCUT2D eigenvalue weighted by Gasteiger charge is 2.32. The Kier molecular flexibility index (Phi) is 5.76. The molecule has 0 radical (unpaired) electrons. The van der Waals surface area contributed by atoms with Gasteiger partial charge in [0.05, 0.1) is 6.04 Å². The highest BCUT2D eigenvalue weighted by Crippen LogP contribution is 2.26. The number of para-hydroxylation sites is 1. The fourth-order valence-electron chi connectivity index (χ4n) is 3.18. The van der Waals surface area contributed by atoms with Crippen molar-refractivity contribution in [3.63, 3.8) is 0 Å². The van der Waals surface area contributed by atoms with Crippen LogP contribution in [0.15, 0.2) is 30.3 Å². The van der Waals surface area contributed by atoms with Crippen LogP contribution in [0.3, 0.4) is 0 Å². The monoisotopic (exact) mass is 289 g/mol. The number of anilines is 1. The molecule has 1 amide bonds. The maximum atomic E-state index is 12.4. The van der Waals surface area contributed by atoms with E-state index >= 15 is 0 Å². The summed E-state index contributed by atoms with van der Waals surface area (Å²) in [5.74, 6) is 0.800. The van der Waals surface area contributed by atoms with E-state index in [0.717, 1.165) is 31.0 Å². The Bertz CT molecular complexity index is 449. The number of hydrogen-bond acceptors (Lipinski definition) is 3. The minimum Gasteiger partial charge on any atom is -0.329 e. The van der Waals surface area contributed by atoms with Crippen LogP contribution in [0.1, 0.15) is 33.1 Å². The normalized spacial score (nSPS) is 24.5. The predicted molar refractivity (Wildman–Crippen MR) is 87.1 cm³/mol. The van der Waals surface area contributed by atoms with Gasteiger partial charge in [-0.3, -0.25) is 9.69 Å². The average molecular weight is 289 g/mol. The zero-order chi connectivity index (χ0) is 15.2. The molecule has 3 unspecified atom stereocenters. The van der Waals surface area contributed by atoms with Gasteiger partial charge in [-0.2, -0.15) is 0 Å². The van der Waals surface area contributed by atoms with Gasteiger partial charge >= 0.3 is 0 Å². The van der Waals surface area contributed by atoms with Crippen molar-refractivity contribution < 1.29 is 4.79 Å². The molecular weight excluding hydrogens is 262 g/mol. The Morgan fingerprint density at radius 2 is 2.14 bits per heavy atom. The summed E-state index contributed by atoms with van der Waals surface area (Å²) in [7, 11) is 0. The highest BCUT2D eigenvalue weighted by atomic mass is 16.2. The summed E-state index contributed by atoms with van der Waals surface area (Å²) in [6, 6.07) is 9.80. The fourth-order valence-corrected chi connectivity index (χ4v) is 3.18. The van der Waals surface area contributed by atoms with Crippen LogP contribution in [-0.4, -0.2) is 36.0 Å². The van der Waals surface area contributed by atoms with Gasteiger partial charge in [0.25, 0.3) is 0 Å². The quantitative estimate of drug-likeness (QED) is 0.875. The van der Waals surface area contributed by atoms with Crippen molar-refractivity contribution in [1.29, 1.82) is 0 Å². The molecule has 0 saturated carbocycles. The Balaban J connectivity index is 1.98. The molecular formula is C17H27N3O. The van der Waals surface area contributed by atoms with Crippen LogP contribution in [0.4, 0.5) is 5.69 Å². The smallest absolute Gasteiger partial charge is 0.241 e. The molecule has 0 bridgehead atoms. The van der Waals surface area contributed by atoms with Crippen molar-refractivity contribution in [2.45, 2.75) is 45.2 Å². The van der Waals surface area contributed by atoms with Gasteiger partial charge in [-0.1, -0.05) is 31.5 Å². The van der Waals surface area contributed by atoms with Crippen LogP contribution in [0.5, 0.6) is 0 Å². The van der Waals surface area contributed by atoms with E-state index in [-0.39, 0.29) is 11.9 Å². The summed E-state index contributed by atoms with van der Waals surface area (Å²) < 4.78 is 0. The summed E-state index contributed by atoms with van der Waals surface area (Å²) in [4.78, 5) is 14.7. The number of rotatable bonds is 5. The maximum Gasteiger partial charge on any atom is 0.241 e. The maximum absolute atomic E-state index is 12.4. The molecule has 0 spiro atoms. The van der Waals surface area contributed by atoms with Crippen LogP contribution in [0, 0.1) is 5.92 Å². The van der Waals surface area contributed by atoms with E-state index in [9.17, 15) is 4.79 Å². The van der Waals surface area contributed by atoms with E-state index in [1.807, 2.05) is 37.3 Å². The molecule has 0 aromatic heterocycles. The minimum absolute atomic E-state index is 0.0506. The van der Waals surface area contributed by atoms with E-state index in [0.29, 0.717) is 12.6 Å². The summed E-state index contributed by atoms with van der Waals surface area (Å²) in [5, 5.41) is 2.99. The number of amides is 1. The molecule has 3 N–H and O–H groups in total. The largest absolute Gasteiger partial charge is 0.329 e. The van der Waals surface area contributed by atoms with Crippen LogP contribution < -0.4 is 11.1 Å². The van der Waals surface area contributed by atoms with Gasteiger partial charge < -0.3 is 11.1 Å². The molecule has 4 heteroatoms. The second-order valence-electron chi connectivity index (χ2n) is 5.96. The van der Waals surface area contributed by atoms with Crippen molar-refractivity contribution >= 4 is 11.6 Å². The van der Waals surface area contributed by atoms with Crippen LogP contribution >= 0.6 is 0 Å². The zero-order valence-electron chi connectivity index (χ0n) is 13.1. The first kappa shape index (κ1) is 16.0. The van der Waals surface area contributed by atoms with E-state index in [1.54, 1.807) is 0 Å². The van der Waals surface area contributed by atoms with Gasteiger partial charge in [-0.05, 0) is 44.4 Å². The number of nitrogens with zero attached hydrogens (tertiary/aromatic N) is 1. The Labute approximate surface area is 127 Å². The molecule has 1 saturated heterocycles. The summed E-state index contributed by atoms with van der Waals surface area (Å²) in [5.41, 5.74) is 6.78. The van der Waals surface area contributed by atoms with Crippen molar-refractivity contribution in [3.05, 3.63) is 30.3 Å². The number of likely N-dealkylation sites (tertiary alicyclic amines) is 1. The Hall–Kier alpha value is -1.39. The molecule has 3 atom stereocenters. The molecule has 1 aliphatic heterocycles. The Morgan fingerprint density at radius 3 is 2.76 bits per heavy atom. The van der Waals surface area contributed by atoms with Gasteiger partial charge in [0, 0.05) is 18.3 Å². The fraction of sp³-hybridized carbons (Fsp3) is 0.588. The lowest BCUT2D eigenvalue weighted by Crippen LogP contribution is -2.54. The number of benzene rings is 1. The number of carbonyl (C=O) groups excluding carboxylic acids is 1. The standard InChI is InChI=1S/C17H27N3O/c1-3-14-9-10-20(16(11-14)12-18)13(2)17(21)19-15-7-5-4-6-8-15/h4-8,13-14,16H,3,9-12,18H2,1-2H3,(H,19,21). The third-order valence-electron chi connectivity index (χ3n) is 4.64. The second-order valence-corrected chi connectivity index (χ2v) is 5.96. The Morgan fingerprint density at radius 1 is 1.43 bits per heavy atom. The lowest BCUT2D eigenvalue weighted by Gasteiger charge is -2.41. The molecule has 1 fully saturated rings. The predicted octanol–water partition coefficient (Wildman–Crippen LogP) is 2.46. The summed E-state index contributed by atoms with van der Waals surface area (Å²) in [6.45, 7) is 5.80. The number of nitrogens with two attached hydrogens (primary N) is 1. The van der Waals surface area contributed by atoms with Gasteiger partial charge in [-0.25, -0.2) is 0 Å². The molecule has 21 heavy (non-hydrogen) atoms. The molecule has 1 aromatic carbocycles. The second kappa shape index (κ2) is 7.57. The van der Waals surface area contributed by atoms with E-state index in [4.69, 9.17) is 5.73 Å². The molecule has 2 rings (SSSR count). The molecule has 1 aliphatic rings. The third kappa shape index (κ3) is 4.05. The number of hydrogen-bond donors (Lipinski definition) is 2. The third-order valence-corrected chi connectivity index (χ3v) is 4.64. The highest BCUT2D eigenvalue weighted by molar-refractivity contribution is 5.94. The van der Waals surface area contributed by atoms with Crippen molar-refractivity contribution in [3.8, 4) is 0 Å². The minimum atomic E-state index is -0.142. The topological polar surface area (TPSA) is 58.4 Å². The number of piperidine rings is 1. The summed E-state index contributed by atoms with van der Waals surface area (Å²) in [6.07, 6.45) is 3.47. The first-order chi connectivity index (χ1) is 10.2. The summed E-state index contributed by atoms with van der Waals surface area (Å²) >= 11 is 0. The van der Waals surface area contributed by atoms with Gasteiger partial charge in [0.15, 0.2) is 0 Å². The van der Waals surface area contributed by atoms with E-state index in [1.165, 1.54) is 6.42 Å². The lowest BCUT2D eigenvalue weighted by atomic mass is 9.88. The first-order valence-corrected chi connectivity index (χ1v) is 7.97. The number of nitrogens with one attached hydrogen (secondary N) is 1. The van der Waals surface area contributed by atoms with Gasteiger partial charge in [0.1, 0.15) is 0 Å². The van der Waals surface area contributed by atoms with E-state index in [2.05, 4.69) is 17.1 Å². The number of carbonyl (C=O) groups is 1. The molecule has 1 heterocycles. The van der Waals surface area contributed by atoms with Crippen molar-refractivity contribution in [1.82, 2.24) is 4.90 Å². The first-order valence-electron chi connectivity index (χ1n) is 7.97. The van der Waals surface area contributed by atoms with Crippen molar-refractivity contribution in [2.75, 3.05) is 18.4 Å². The van der Waals surface area contributed by atoms with Gasteiger partial charge in [-0.15, -0.1) is 0 Å². The molecule has 4 nitrogen and oxygen atoms in total. The van der Waals surface area contributed by atoms with E-state index < -0.39 is 0 Å². The molecule has 116 valence electrons. The lowest BCUT2D eigenvalue weighted by molar-refractivity contribution is -0.122. The SMILES string of the molecule is CCC1CCN(C(C)C(=O)Nc2ccccc2)C(CN)C1. The zero-order valence-corrected chi connectivity index (χ0v) is 13.1. The van der Waals surface area contributed by atoms with Crippen molar-refractivity contribution in [2.24, 2.45) is 11.7 Å². The molecule has 1 aromatic rings.